The number of rotatable bonds is 2. The van der Waals surface area contributed by atoms with Crippen LogP contribution in [0, 0.1) is 24.0 Å². The van der Waals surface area contributed by atoms with Crippen LogP contribution in [0.2, 0.25) is 12.6 Å². The van der Waals surface area contributed by atoms with Crippen LogP contribution in [0.3, 0.4) is 0 Å². The summed E-state index contributed by atoms with van der Waals surface area (Å²) in [7, 11) is 0. The van der Waals surface area contributed by atoms with E-state index in [4.69, 9.17) is 5.26 Å². The Hall–Kier alpha value is -3.47. The minimum atomic E-state index is -0.560. The lowest BCUT2D eigenvalue weighted by atomic mass is 9.50. The van der Waals surface area contributed by atoms with Gasteiger partial charge in [0.2, 0.25) is 0 Å². The van der Waals surface area contributed by atoms with Crippen LogP contribution in [0.25, 0.3) is 27.7 Å². The molecule has 3 aromatic heterocycles. The molecule has 1 aromatic carbocycles. The molecule has 1 saturated heterocycles. The molecule has 4 heterocycles. The fraction of sp³-hybridized carbons (Fsp3) is 0.238. The second-order valence-corrected chi connectivity index (χ2v) is 7.65. The van der Waals surface area contributed by atoms with Gasteiger partial charge in [-0.25, -0.2) is 19.2 Å². The number of benzene rings is 1. The number of aromatic nitrogens is 4. The van der Waals surface area contributed by atoms with E-state index in [-0.39, 0.29) is 23.7 Å². The highest BCUT2D eigenvalue weighted by atomic mass is 19.1. The number of hydrogen-bond acceptors (Lipinski definition) is 4. The predicted molar refractivity (Wildman–Crippen MR) is 110 cm³/mol. The highest BCUT2D eigenvalue weighted by molar-refractivity contribution is 6.67. The van der Waals surface area contributed by atoms with Gasteiger partial charge in [-0.1, -0.05) is 6.32 Å². The Balaban J connectivity index is 1.60. The number of nitrogens with zero attached hydrogens (tertiary/aromatic N) is 5. The first-order chi connectivity index (χ1) is 14.0. The molecule has 1 aliphatic rings. The van der Waals surface area contributed by atoms with Crippen LogP contribution in [-0.2, 0) is 0 Å². The molecular weight excluding hydrogens is 368 g/mol. The van der Waals surface area contributed by atoms with Gasteiger partial charge < -0.3 is 4.57 Å². The minimum Gasteiger partial charge on any atom is -0.313 e. The smallest absolute Gasteiger partial charge is 0.269 e. The van der Waals surface area contributed by atoms with Gasteiger partial charge in [0.25, 0.3) is 12.3 Å². The summed E-state index contributed by atoms with van der Waals surface area (Å²) < 4.78 is 18.3. The largest absolute Gasteiger partial charge is 0.313 e. The van der Waals surface area contributed by atoms with Gasteiger partial charge in [-0.3, -0.25) is 4.79 Å². The number of imidazole rings is 1. The lowest BCUT2D eigenvalue weighted by Crippen LogP contribution is -2.24. The predicted octanol–water partition coefficient (Wildman–Crippen LogP) is 3.66. The van der Waals surface area contributed by atoms with Crippen LogP contribution in [0.4, 0.5) is 4.39 Å². The van der Waals surface area contributed by atoms with E-state index in [1.807, 2.05) is 19.2 Å². The number of pyridine rings is 1. The summed E-state index contributed by atoms with van der Waals surface area (Å²) in [6, 6.07) is 8.49. The SMILES string of the molecule is Cc1cn2nc(-c3cc(F)c4c(=O)n(C5CCB(C#N)C5)ccc4c3)ccc2n1. The third kappa shape index (κ3) is 2.90. The van der Waals surface area contributed by atoms with Gasteiger partial charge in [0.1, 0.15) is 5.82 Å². The number of hydrogen-bond donors (Lipinski definition) is 0. The molecule has 0 aliphatic carbocycles. The summed E-state index contributed by atoms with van der Waals surface area (Å²) in [6.07, 6.45) is 5.70. The zero-order valence-electron chi connectivity index (χ0n) is 15.8. The van der Waals surface area contributed by atoms with E-state index in [0.717, 1.165) is 24.1 Å². The first-order valence-electron chi connectivity index (χ1n) is 9.61. The van der Waals surface area contributed by atoms with Crippen molar-refractivity contribution in [3.63, 3.8) is 0 Å². The lowest BCUT2D eigenvalue weighted by molar-refractivity contribution is 0.535. The van der Waals surface area contributed by atoms with Crippen LogP contribution < -0.4 is 5.56 Å². The van der Waals surface area contributed by atoms with E-state index in [1.54, 1.807) is 33.5 Å². The molecule has 8 heteroatoms. The van der Waals surface area contributed by atoms with Crippen molar-refractivity contribution in [3.8, 4) is 17.2 Å². The molecule has 0 saturated carbocycles. The topological polar surface area (TPSA) is 76.0 Å². The average Bonchev–Trinajstić information content (AvgIpc) is 3.32. The Morgan fingerprint density at radius 1 is 1.31 bits per heavy atom. The Morgan fingerprint density at radius 2 is 2.17 bits per heavy atom. The summed E-state index contributed by atoms with van der Waals surface area (Å²) in [5, 5.41) is 14.2. The summed E-state index contributed by atoms with van der Waals surface area (Å²) in [6.45, 7) is 1.85. The fourth-order valence-corrected chi connectivity index (χ4v) is 4.26. The molecule has 5 rings (SSSR count). The van der Waals surface area contributed by atoms with Crippen LogP contribution in [0.15, 0.2) is 47.5 Å². The highest BCUT2D eigenvalue weighted by Crippen LogP contribution is 2.31. The monoisotopic (exact) mass is 385 g/mol. The number of aryl methyl sites for hydroxylation is 1. The van der Waals surface area contributed by atoms with Crippen molar-refractivity contribution in [3.05, 3.63) is 64.6 Å². The first-order valence-corrected chi connectivity index (χ1v) is 9.61. The molecule has 0 spiro atoms. The van der Waals surface area contributed by atoms with Gasteiger partial charge in [-0.2, -0.15) is 5.10 Å². The molecule has 0 radical (unpaired) electrons. The van der Waals surface area contributed by atoms with E-state index < -0.39 is 5.82 Å². The average molecular weight is 385 g/mol. The fourth-order valence-electron chi connectivity index (χ4n) is 4.26. The van der Waals surface area contributed by atoms with E-state index >= 15 is 4.39 Å². The Labute approximate surface area is 166 Å². The number of nitriles is 1. The van der Waals surface area contributed by atoms with Gasteiger partial charge in [-0.05, 0) is 55.4 Å². The Bertz CT molecular complexity index is 1370. The molecule has 0 N–H and O–H groups in total. The molecule has 142 valence electrons. The molecule has 1 aliphatic heterocycles. The van der Waals surface area contributed by atoms with E-state index in [9.17, 15) is 4.79 Å². The molecule has 4 aromatic rings. The van der Waals surface area contributed by atoms with E-state index in [2.05, 4.69) is 16.1 Å². The maximum absolute atomic E-state index is 15.0. The maximum atomic E-state index is 15.0. The summed E-state index contributed by atoms with van der Waals surface area (Å²) in [5.41, 5.74) is 2.44. The zero-order valence-corrected chi connectivity index (χ0v) is 15.8. The third-order valence-electron chi connectivity index (χ3n) is 5.70. The minimum absolute atomic E-state index is 0.0392. The van der Waals surface area contributed by atoms with Crippen molar-refractivity contribution in [2.75, 3.05) is 0 Å². The van der Waals surface area contributed by atoms with Crippen molar-refractivity contribution in [2.45, 2.75) is 32.0 Å². The van der Waals surface area contributed by atoms with Gasteiger partial charge in [0, 0.05) is 23.8 Å². The molecule has 29 heavy (non-hydrogen) atoms. The molecular formula is C21H17BFN5O. The summed E-state index contributed by atoms with van der Waals surface area (Å²) >= 11 is 0. The van der Waals surface area contributed by atoms with Gasteiger partial charge in [0.05, 0.1) is 23.0 Å². The molecule has 6 nitrogen and oxygen atoms in total. The lowest BCUT2D eigenvalue weighted by Gasteiger charge is -2.15. The Kier molecular flexibility index (Phi) is 3.98. The normalized spacial score (nSPS) is 16.6. The Morgan fingerprint density at radius 3 is 2.97 bits per heavy atom. The quantitative estimate of drug-likeness (QED) is 0.494. The number of halogens is 1. The highest BCUT2D eigenvalue weighted by Gasteiger charge is 2.30. The second-order valence-electron chi connectivity index (χ2n) is 7.65. The summed E-state index contributed by atoms with van der Waals surface area (Å²) in [4.78, 5) is 17.3. The molecule has 0 bridgehead atoms. The molecule has 1 atom stereocenters. The van der Waals surface area contributed by atoms with Crippen LogP contribution in [-0.4, -0.2) is 25.9 Å². The first kappa shape index (κ1) is 17.6. The third-order valence-corrected chi connectivity index (χ3v) is 5.70. The van der Waals surface area contributed by atoms with Crippen LogP contribution in [0.1, 0.15) is 18.2 Å². The van der Waals surface area contributed by atoms with E-state index in [0.29, 0.717) is 23.0 Å². The van der Waals surface area contributed by atoms with Crippen molar-refractivity contribution >= 4 is 23.1 Å². The number of fused-ring (bicyclic) bond motifs is 2. The van der Waals surface area contributed by atoms with Crippen LogP contribution >= 0.6 is 0 Å². The van der Waals surface area contributed by atoms with Crippen LogP contribution in [0.5, 0.6) is 0 Å². The van der Waals surface area contributed by atoms with Crippen molar-refractivity contribution < 1.29 is 4.39 Å². The van der Waals surface area contributed by atoms with Crippen molar-refractivity contribution in [2.24, 2.45) is 0 Å². The molecule has 1 unspecified atom stereocenters. The second kappa shape index (κ2) is 6.55. The summed E-state index contributed by atoms with van der Waals surface area (Å²) in [5.74, 6) is 1.71. The zero-order chi connectivity index (χ0) is 20.1. The van der Waals surface area contributed by atoms with Crippen molar-refractivity contribution in [1.29, 1.82) is 5.26 Å². The molecule has 0 amide bonds. The van der Waals surface area contributed by atoms with Gasteiger partial charge in [-0.15, -0.1) is 0 Å². The molecule has 1 fully saturated rings. The van der Waals surface area contributed by atoms with E-state index in [1.165, 1.54) is 6.07 Å². The van der Waals surface area contributed by atoms with Gasteiger partial charge >= 0.3 is 0 Å². The maximum Gasteiger partial charge on any atom is 0.269 e. The standard InChI is InChI=1S/C21H17BFN5O/c1-13-11-28-19(25-13)3-2-18(26-28)15-8-14-5-7-27(16-4-6-22(10-16)12-24)21(29)20(14)17(23)9-15/h2-3,5,7-9,11,16H,4,6,10H2,1H3. The van der Waals surface area contributed by atoms with Crippen molar-refractivity contribution in [1.82, 2.24) is 19.2 Å². The van der Waals surface area contributed by atoms with Gasteiger partial charge in [0.15, 0.2) is 5.65 Å².